The van der Waals surface area contributed by atoms with E-state index in [0.717, 1.165) is 19.1 Å². The van der Waals surface area contributed by atoms with Gasteiger partial charge in [-0.05, 0) is 6.42 Å². The lowest BCUT2D eigenvalue weighted by atomic mass is 10.1. The summed E-state index contributed by atoms with van der Waals surface area (Å²) in [6, 6.07) is 0. The molecule has 0 spiro atoms. The molecular weight excluding hydrogens is 255 g/mol. The van der Waals surface area contributed by atoms with E-state index in [1.165, 1.54) is 32.1 Å². The van der Waals surface area contributed by atoms with E-state index in [9.17, 15) is 12.8 Å². The molecule has 0 aromatic carbocycles. The molecule has 0 aliphatic rings. The van der Waals surface area contributed by atoms with Crippen molar-refractivity contribution in [2.75, 3.05) is 12.9 Å². The van der Waals surface area contributed by atoms with Crippen molar-refractivity contribution in [1.29, 1.82) is 0 Å². The summed E-state index contributed by atoms with van der Waals surface area (Å²) < 4.78 is 39.1. The molecule has 0 unspecified atom stereocenters. The Balaban J connectivity index is 3.29. The van der Waals surface area contributed by atoms with Crippen LogP contribution in [0.2, 0.25) is 0 Å². The first kappa shape index (κ1) is 17.8. The van der Waals surface area contributed by atoms with Crippen LogP contribution in [0, 0.1) is 0 Å². The van der Waals surface area contributed by atoms with E-state index in [1.54, 1.807) is 0 Å². The van der Waals surface area contributed by atoms with Gasteiger partial charge in [0.15, 0.2) is 0 Å². The van der Waals surface area contributed by atoms with Crippen LogP contribution in [0.4, 0.5) is 4.39 Å². The number of unbranched alkanes of at least 4 members (excludes halogenated alkanes) is 6. The Morgan fingerprint density at radius 2 is 1.56 bits per heavy atom. The van der Waals surface area contributed by atoms with Gasteiger partial charge in [-0.1, -0.05) is 51.9 Å². The van der Waals surface area contributed by atoms with E-state index in [-0.39, 0.29) is 13.0 Å². The molecule has 0 bridgehead atoms. The van der Waals surface area contributed by atoms with Gasteiger partial charge in [0.1, 0.15) is 6.17 Å². The van der Waals surface area contributed by atoms with Gasteiger partial charge in [0.2, 0.25) is 0 Å². The molecule has 0 amide bonds. The maximum absolute atomic E-state index is 13.3. The van der Waals surface area contributed by atoms with Crippen LogP contribution in [0.3, 0.4) is 0 Å². The van der Waals surface area contributed by atoms with Crippen LogP contribution in [-0.2, 0) is 14.3 Å². The predicted octanol–water partition coefficient (Wildman–Crippen LogP) is 3.83. The zero-order chi connectivity index (χ0) is 13.9. The van der Waals surface area contributed by atoms with Crippen molar-refractivity contribution in [2.45, 2.75) is 70.9 Å². The summed E-state index contributed by atoms with van der Waals surface area (Å²) in [6.45, 7) is 2.14. The number of hydrogen-bond acceptors (Lipinski definition) is 3. The topological polar surface area (TPSA) is 43.4 Å². The molecule has 0 aliphatic heterocycles. The molecule has 1 atom stereocenters. The summed E-state index contributed by atoms with van der Waals surface area (Å²) in [5.74, 6) is 0. The summed E-state index contributed by atoms with van der Waals surface area (Å²) in [5, 5.41) is 0. The van der Waals surface area contributed by atoms with Crippen LogP contribution < -0.4 is 0 Å². The highest BCUT2D eigenvalue weighted by atomic mass is 32.2. The second-order valence-electron chi connectivity index (χ2n) is 4.82. The van der Waals surface area contributed by atoms with Gasteiger partial charge in [0, 0.05) is 6.42 Å². The maximum Gasteiger partial charge on any atom is 0.264 e. The Bertz CT molecular complexity index is 278. The van der Waals surface area contributed by atoms with Gasteiger partial charge >= 0.3 is 0 Å². The Morgan fingerprint density at radius 1 is 1.00 bits per heavy atom. The maximum atomic E-state index is 13.3. The highest BCUT2D eigenvalue weighted by Crippen LogP contribution is 2.13. The Morgan fingerprint density at radius 3 is 2.11 bits per heavy atom. The van der Waals surface area contributed by atoms with Crippen molar-refractivity contribution in [3.05, 3.63) is 0 Å². The molecule has 3 nitrogen and oxygen atoms in total. The number of halogens is 1. The first-order chi connectivity index (χ1) is 8.45. The van der Waals surface area contributed by atoms with Gasteiger partial charge < -0.3 is 0 Å². The summed E-state index contributed by atoms with van der Waals surface area (Å²) in [4.78, 5) is 0. The fourth-order valence-electron chi connectivity index (χ4n) is 1.79. The van der Waals surface area contributed by atoms with Crippen LogP contribution in [0.25, 0.3) is 0 Å². The quantitative estimate of drug-likeness (QED) is 0.403. The first-order valence-corrected chi connectivity index (χ1v) is 8.76. The summed E-state index contributed by atoms with van der Waals surface area (Å²) in [5.41, 5.74) is 0. The fraction of sp³-hybridized carbons (Fsp3) is 1.00. The average molecular weight is 282 g/mol. The zero-order valence-corrected chi connectivity index (χ0v) is 12.5. The molecule has 18 heavy (non-hydrogen) atoms. The molecule has 0 aromatic heterocycles. The molecule has 110 valence electrons. The van der Waals surface area contributed by atoms with Crippen molar-refractivity contribution in [2.24, 2.45) is 0 Å². The molecule has 0 aliphatic carbocycles. The van der Waals surface area contributed by atoms with Gasteiger partial charge in [-0.2, -0.15) is 8.42 Å². The second kappa shape index (κ2) is 10.7. The van der Waals surface area contributed by atoms with E-state index in [4.69, 9.17) is 0 Å². The van der Waals surface area contributed by atoms with Crippen molar-refractivity contribution in [3.63, 3.8) is 0 Å². The highest BCUT2D eigenvalue weighted by molar-refractivity contribution is 7.85. The third-order valence-corrected chi connectivity index (χ3v) is 3.44. The lowest BCUT2D eigenvalue weighted by molar-refractivity contribution is 0.227. The zero-order valence-electron chi connectivity index (χ0n) is 11.7. The van der Waals surface area contributed by atoms with Crippen LogP contribution in [-0.4, -0.2) is 27.5 Å². The predicted molar refractivity (Wildman–Crippen MR) is 72.9 cm³/mol. The summed E-state index contributed by atoms with van der Waals surface area (Å²) >= 11 is 0. The standard InChI is InChI=1S/C13H27FO3S/c1-3-4-5-6-7-8-9-10-13(14)11-12-17-18(2,15)16/h13H,3-12H2,1-2H3/t13-/m1/s1. The molecule has 0 saturated heterocycles. The lowest BCUT2D eigenvalue weighted by Gasteiger charge is -2.07. The van der Waals surface area contributed by atoms with Gasteiger partial charge in [-0.3, -0.25) is 4.18 Å². The minimum Gasteiger partial charge on any atom is -0.270 e. The number of rotatable bonds is 12. The van der Waals surface area contributed by atoms with Gasteiger partial charge in [0.05, 0.1) is 12.9 Å². The minimum absolute atomic E-state index is 0.0451. The largest absolute Gasteiger partial charge is 0.270 e. The van der Waals surface area contributed by atoms with Crippen molar-refractivity contribution < 1.29 is 17.0 Å². The van der Waals surface area contributed by atoms with Crippen molar-refractivity contribution in [1.82, 2.24) is 0 Å². The van der Waals surface area contributed by atoms with E-state index in [2.05, 4.69) is 11.1 Å². The van der Waals surface area contributed by atoms with Gasteiger partial charge in [-0.15, -0.1) is 0 Å². The minimum atomic E-state index is -3.42. The lowest BCUT2D eigenvalue weighted by Crippen LogP contribution is -2.09. The van der Waals surface area contributed by atoms with Crippen LogP contribution in [0.5, 0.6) is 0 Å². The Hall–Kier alpha value is -0.160. The molecule has 0 aromatic rings. The molecule has 0 saturated carbocycles. The molecule has 0 N–H and O–H groups in total. The summed E-state index contributed by atoms with van der Waals surface area (Å²) in [7, 11) is -3.42. The van der Waals surface area contributed by atoms with E-state index < -0.39 is 16.3 Å². The van der Waals surface area contributed by atoms with Gasteiger partial charge in [0.25, 0.3) is 10.1 Å². The van der Waals surface area contributed by atoms with Crippen LogP contribution >= 0.6 is 0 Å². The Kier molecular flexibility index (Phi) is 10.6. The Labute approximate surface area is 111 Å². The normalized spacial score (nSPS) is 13.7. The third kappa shape index (κ3) is 13.9. The smallest absolute Gasteiger partial charge is 0.264 e. The molecule has 0 fully saturated rings. The summed E-state index contributed by atoms with van der Waals surface area (Å²) in [6.07, 6.45) is 8.89. The van der Waals surface area contributed by atoms with Crippen molar-refractivity contribution >= 4 is 10.1 Å². The molecule has 0 heterocycles. The second-order valence-corrected chi connectivity index (χ2v) is 6.47. The van der Waals surface area contributed by atoms with Gasteiger partial charge in [-0.25, -0.2) is 4.39 Å². The molecule has 0 rings (SSSR count). The van der Waals surface area contributed by atoms with Crippen LogP contribution in [0.1, 0.15) is 64.7 Å². The SMILES string of the molecule is CCCCCCCCC[C@@H](F)CCOS(C)(=O)=O. The first-order valence-electron chi connectivity index (χ1n) is 6.94. The van der Waals surface area contributed by atoms with Crippen LogP contribution in [0.15, 0.2) is 0 Å². The molecule has 5 heteroatoms. The third-order valence-electron chi connectivity index (χ3n) is 2.85. The fourth-order valence-corrected chi connectivity index (χ4v) is 2.19. The van der Waals surface area contributed by atoms with E-state index >= 15 is 0 Å². The van der Waals surface area contributed by atoms with Crippen molar-refractivity contribution in [3.8, 4) is 0 Å². The molecule has 0 radical (unpaired) electrons. The number of hydrogen-bond donors (Lipinski definition) is 0. The monoisotopic (exact) mass is 282 g/mol. The van der Waals surface area contributed by atoms with E-state index in [1.807, 2.05) is 0 Å². The highest BCUT2D eigenvalue weighted by Gasteiger charge is 2.08. The average Bonchev–Trinajstić information content (AvgIpc) is 2.26. The van der Waals surface area contributed by atoms with E-state index in [0.29, 0.717) is 6.42 Å². The number of alkyl halides is 1. The molecular formula is C13H27FO3S.